The molecule has 0 fully saturated rings. The molecule has 0 heterocycles. The van der Waals surface area contributed by atoms with Crippen LogP contribution in [0.4, 0.5) is 0 Å². The van der Waals surface area contributed by atoms with Gasteiger partial charge in [-0.05, 0) is 31.2 Å². The lowest BCUT2D eigenvalue weighted by Gasteiger charge is -2.11. The van der Waals surface area contributed by atoms with Crippen LogP contribution in [0.1, 0.15) is 21.5 Å². The first kappa shape index (κ1) is 13.9. The summed E-state index contributed by atoms with van der Waals surface area (Å²) < 4.78 is 5.54. The van der Waals surface area contributed by atoms with Crippen molar-refractivity contribution in [3.63, 3.8) is 0 Å². The van der Waals surface area contributed by atoms with Gasteiger partial charge < -0.3 is 9.84 Å². The monoisotopic (exact) mass is 287 g/mol. The Morgan fingerprint density at radius 2 is 2.05 bits per heavy atom. The van der Waals surface area contributed by atoms with E-state index in [0.29, 0.717) is 0 Å². The van der Waals surface area contributed by atoms with Crippen molar-refractivity contribution in [1.29, 1.82) is 5.26 Å². The zero-order valence-corrected chi connectivity index (χ0v) is 11.3. The summed E-state index contributed by atoms with van der Waals surface area (Å²) in [5.41, 5.74) is 1.02. The largest absolute Gasteiger partial charge is 0.478 e. The maximum absolute atomic E-state index is 11.2. The third kappa shape index (κ3) is 2.73. The van der Waals surface area contributed by atoms with Gasteiger partial charge >= 0.3 is 5.97 Å². The van der Waals surface area contributed by atoms with Crippen molar-refractivity contribution in [2.24, 2.45) is 0 Å². The SMILES string of the molecule is Cc1ccc(Oc2cccc(Cl)c2C#N)c(C(=O)O)c1. The Morgan fingerprint density at radius 1 is 1.30 bits per heavy atom. The van der Waals surface area contributed by atoms with Gasteiger partial charge in [0.2, 0.25) is 0 Å². The van der Waals surface area contributed by atoms with Crippen LogP contribution < -0.4 is 4.74 Å². The standard InChI is InChI=1S/C15H10ClNO3/c1-9-5-6-14(10(7-9)15(18)19)20-13-4-2-3-12(16)11(13)8-17/h2-7H,1H3,(H,18,19). The molecule has 0 radical (unpaired) electrons. The molecule has 0 aliphatic carbocycles. The van der Waals surface area contributed by atoms with Crippen LogP contribution in [-0.4, -0.2) is 11.1 Å². The lowest BCUT2D eigenvalue weighted by atomic mass is 10.1. The number of aromatic carboxylic acids is 1. The van der Waals surface area contributed by atoms with E-state index < -0.39 is 5.97 Å². The van der Waals surface area contributed by atoms with Gasteiger partial charge in [0.1, 0.15) is 28.7 Å². The van der Waals surface area contributed by atoms with Crippen LogP contribution in [0, 0.1) is 18.3 Å². The number of hydrogen-bond acceptors (Lipinski definition) is 3. The molecule has 0 amide bonds. The molecular formula is C15H10ClNO3. The van der Waals surface area contributed by atoms with Crippen LogP contribution in [-0.2, 0) is 0 Å². The molecule has 0 aliphatic heterocycles. The number of ether oxygens (including phenoxy) is 1. The van der Waals surface area contributed by atoms with Crippen LogP contribution >= 0.6 is 11.6 Å². The third-order valence-corrected chi connectivity index (χ3v) is 2.99. The predicted molar refractivity (Wildman–Crippen MR) is 74.4 cm³/mol. The minimum atomic E-state index is -1.09. The van der Waals surface area contributed by atoms with E-state index in [-0.39, 0.29) is 27.6 Å². The first-order valence-electron chi connectivity index (χ1n) is 5.73. The highest BCUT2D eigenvalue weighted by Gasteiger charge is 2.15. The molecule has 0 saturated heterocycles. The first-order valence-corrected chi connectivity index (χ1v) is 6.11. The second-order valence-electron chi connectivity index (χ2n) is 4.13. The van der Waals surface area contributed by atoms with Crippen molar-refractivity contribution < 1.29 is 14.6 Å². The van der Waals surface area contributed by atoms with Crippen LogP contribution in [0.25, 0.3) is 0 Å². The number of aryl methyl sites for hydroxylation is 1. The molecule has 4 nitrogen and oxygen atoms in total. The predicted octanol–water partition coefficient (Wildman–Crippen LogP) is 4.01. The zero-order chi connectivity index (χ0) is 14.7. The molecule has 2 rings (SSSR count). The molecule has 100 valence electrons. The van der Waals surface area contributed by atoms with Gasteiger partial charge in [-0.15, -0.1) is 0 Å². The molecule has 1 N–H and O–H groups in total. The number of hydrogen-bond donors (Lipinski definition) is 1. The Hall–Kier alpha value is -2.51. The highest BCUT2D eigenvalue weighted by atomic mass is 35.5. The van der Waals surface area contributed by atoms with Crippen LogP contribution in [0.3, 0.4) is 0 Å². The molecule has 0 atom stereocenters. The van der Waals surface area contributed by atoms with Gasteiger partial charge in [0.05, 0.1) is 5.02 Å². The number of carboxylic acid groups (broad SMARTS) is 1. The Labute approximate surface area is 120 Å². The molecule has 0 saturated carbocycles. The van der Waals surface area contributed by atoms with Crippen LogP contribution in [0.5, 0.6) is 11.5 Å². The fourth-order valence-corrected chi connectivity index (χ4v) is 1.92. The van der Waals surface area contributed by atoms with Crippen molar-refractivity contribution in [2.75, 3.05) is 0 Å². The summed E-state index contributed by atoms with van der Waals surface area (Å²) in [6.45, 7) is 1.79. The number of rotatable bonds is 3. The van der Waals surface area contributed by atoms with Crippen LogP contribution in [0.15, 0.2) is 36.4 Å². The molecule has 2 aromatic carbocycles. The molecule has 2 aromatic rings. The van der Waals surface area contributed by atoms with Crippen molar-refractivity contribution in [2.45, 2.75) is 6.92 Å². The fourth-order valence-electron chi connectivity index (χ4n) is 1.72. The lowest BCUT2D eigenvalue weighted by Crippen LogP contribution is -2.01. The van der Waals surface area contributed by atoms with Gasteiger partial charge in [-0.3, -0.25) is 0 Å². The van der Waals surface area contributed by atoms with Gasteiger partial charge in [0, 0.05) is 0 Å². The van der Waals surface area contributed by atoms with E-state index in [2.05, 4.69) is 0 Å². The van der Waals surface area contributed by atoms with Gasteiger partial charge in [-0.25, -0.2) is 4.79 Å². The van der Waals surface area contributed by atoms with E-state index in [0.717, 1.165) is 5.56 Å². The topological polar surface area (TPSA) is 70.3 Å². The van der Waals surface area contributed by atoms with E-state index in [1.54, 1.807) is 37.3 Å². The summed E-state index contributed by atoms with van der Waals surface area (Å²) in [5, 5.41) is 18.5. The maximum Gasteiger partial charge on any atom is 0.339 e. The molecule has 0 spiro atoms. The number of carbonyl (C=O) groups is 1. The summed E-state index contributed by atoms with van der Waals surface area (Å²) >= 11 is 5.90. The van der Waals surface area contributed by atoms with Gasteiger partial charge in [-0.2, -0.15) is 5.26 Å². The van der Waals surface area contributed by atoms with E-state index in [1.165, 1.54) is 6.07 Å². The summed E-state index contributed by atoms with van der Waals surface area (Å²) in [4.78, 5) is 11.2. The van der Waals surface area contributed by atoms with Crippen molar-refractivity contribution >= 4 is 17.6 Å². The summed E-state index contributed by atoms with van der Waals surface area (Å²) in [5.74, 6) is -0.697. The molecule has 20 heavy (non-hydrogen) atoms. The average molecular weight is 288 g/mol. The van der Waals surface area contributed by atoms with E-state index in [4.69, 9.17) is 21.6 Å². The van der Waals surface area contributed by atoms with Gasteiger partial charge in [-0.1, -0.05) is 29.3 Å². The zero-order valence-electron chi connectivity index (χ0n) is 10.6. The molecule has 5 heteroatoms. The van der Waals surface area contributed by atoms with E-state index in [1.807, 2.05) is 6.07 Å². The number of nitrogens with zero attached hydrogens (tertiary/aromatic N) is 1. The lowest BCUT2D eigenvalue weighted by molar-refractivity contribution is 0.0694. The summed E-state index contributed by atoms with van der Waals surface area (Å²) in [6.07, 6.45) is 0. The normalized spacial score (nSPS) is 9.85. The second kappa shape index (κ2) is 5.64. The highest BCUT2D eigenvalue weighted by molar-refractivity contribution is 6.31. The summed E-state index contributed by atoms with van der Waals surface area (Å²) in [6, 6.07) is 11.5. The third-order valence-electron chi connectivity index (χ3n) is 2.67. The number of nitriles is 1. The smallest absolute Gasteiger partial charge is 0.339 e. The van der Waals surface area contributed by atoms with Crippen molar-refractivity contribution in [3.05, 3.63) is 58.1 Å². The highest BCUT2D eigenvalue weighted by Crippen LogP contribution is 2.31. The molecule has 0 aromatic heterocycles. The van der Waals surface area contributed by atoms with Gasteiger partial charge in [0.15, 0.2) is 0 Å². The molecular weight excluding hydrogens is 278 g/mol. The molecule has 0 unspecified atom stereocenters. The number of carboxylic acids is 1. The first-order chi connectivity index (χ1) is 9.52. The Morgan fingerprint density at radius 3 is 2.70 bits per heavy atom. The molecule has 0 bridgehead atoms. The number of benzene rings is 2. The minimum Gasteiger partial charge on any atom is -0.478 e. The van der Waals surface area contributed by atoms with E-state index in [9.17, 15) is 9.90 Å². The molecule has 0 aliphatic rings. The minimum absolute atomic E-state index is 0.0360. The Bertz CT molecular complexity index is 720. The number of halogens is 1. The Balaban J connectivity index is 2.49. The quantitative estimate of drug-likeness (QED) is 0.926. The van der Waals surface area contributed by atoms with Crippen molar-refractivity contribution in [1.82, 2.24) is 0 Å². The fraction of sp³-hybridized carbons (Fsp3) is 0.0667. The average Bonchev–Trinajstić information content (AvgIpc) is 2.41. The second-order valence-corrected chi connectivity index (χ2v) is 4.54. The van der Waals surface area contributed by atoms with E-state index >= 15 is 0 Å². The van der Waals surface area contributed by atoms with Crippen molar-refractivity contribution in [3.8, 4) is 17.6 Å². The van der Waals surface area contributed by atoms with Gasteiger partial charge in [0.25, 0.3) is 0 Å². The Kier molecular flexibility index (Phi) is 3.92. The van der Waals surface area contributed by atoms with Crippen LogP contribution in [0.2, 0.25) is 5.02 Å². The maximum atomic E-state index is 11.2. The summed E-state index contributed by atoms with van der Waals surface area (Å²) in [7, 11) is 0.